The zero-order valence-electron chi connectivity index (χ0n) is 14.1. The Bertz CT molecular complexity index is 548. The molecule has 0 heterocycles. The van der Waals surface area contributed by atoms with E-state index in [1.54, 1.807) is 12.1 Å². The summed E-state index contributed by atoms with van der Waals surface area (Å²) in [6, 6.07) is 6.45. The van der Waals surface area contributed by atoms with Crippen molar-refractivity contribution in [1.82, 2.24) is 0 Å². The highest BCUT2D eigenvalue weighted by molar-refractivity contribution is 5.87. The van der Waals surface area contributed by atoms with E-state index in [1.165, 1.54) is 12.1 Å². The lowest BCUT2D eigenvalue weighted by molar-refractivity contribution is -0.00291. The quantitative estimate of drug-likeness (QED) is 0.400. The van der Waals surface area contributed by atoms with E-state index in [9.17, 15) is 4.79 Å². The normalized spacial score (nSPS) is 10.3. The van der Waals surface area contributed by atoms with Crippen LogP contribution in [0.25, 0.3) is 0 Å². The van der Waals surface area contributed by atoms with Crippen LogP contribution in [0.2, 0.25) is 0 Å². The largest absolute Gasteiger partial charge is 0.478 e. The lowest BCUT2D eigenvalue weighted by Gasteiger charge is -2.06. The molecule has 0 aliphatic heterocycles. The summed E-state index contributed by atoms with van der Waals surface area (Å²) in [7, 11) is 0. The molecule has 0 aliphatic rings. The average molecular weight is 352 g/mol. The van der Waals surface area contributed by atoms with E-state index in [2.05, 4.69) is 11.8 Å². The van der Waals surface area contributed by atoms with Gasteiger partial charge in [0.05, 0.1) is 58.4 Å². The van der Waals surface area contributed by atoms with Crippen LogP contribution in [0.3, 0.4) is 0 Å². The van der Waals surface area contributed by atoms with E-state index in [0.717, 1.165) is 0 Å². The van der Waals surface area contributed by atoms with Gasteiger partial charge in [-0.1, -0.05) is 17.9 Å². The fourth-order valence-corrected chi connectivity index (χ4v) is 1.72. The van der Waals surface area contributed by atoms with Crippen LogP contribution in [0.1, 0.15) is 15.9 Å². The summed E-state index contributed by atoms with van der Waals surface area (Å²) in [6.07, 6.45) is 0. The fourth-order valence-electron chi connectivity index (χ4n) is 1.72. The molecule has 0 spiro atoms. The van der Waals surface area contributed by atoms with Crippen molar-refractivity contribution in [3.8, 4) is 11.8 Å². The van der Waals surface area contributed by atoms with Gasteiger partial charge >= 0.3 is 5.97 Å². The van der Waals surface area contributed by atoms with E-state index in [4.69, 9.17) is 29.2 Å². The first-order valence-electron chi connectivity index (χ1n) is 7.98. The maximum absolute atomic E-state index is 10.8. The summed E-state index contributed by atoms with van der Waals surface area (Å²) >= 11 is 0. The van der Waals surface area contributed by atoms with Gasteiger partial charge in [-0.2, -0.15) is 0 Å². The summed E-state index contributed by atoms with van der Waals surface area (Å²) in [5, 5.41) is 17.4. The third-order valence-corrected chi connectivity index (χ3v) is 2.87. The lowest BCUT2D eigenvalue weighted by atomic mass is 10.1. The highest BCUT2D eigenvalue weighted by Crippen LogP contribution is 2.03. The van der Waals surface area contributed by atoms with E-state index in [0.29, 0.717) is 51.8 Å². The third-order valence-electron chi connectivity index (χ3n) is 2.87. The minimum Gasteiger partial charge on any atom is -0.478 e. The molecule has 138 valence electrons. The molecule has 2 N–H and O–H groups in total. The van der Waals surface area contributed by atoms with E-state index < -0.39 is 5.97 Å². The second kappa shape index (κ2) is 14.4. The summed E-state index contributed by atoms with van der Waals surface area (Å²) in [6.45, 7) is 3.33. The predicted molar refractivity (Wildman–Crippen MR) is 90.6 cm³/mol. The minimum absolute atomic E-state index is 0.0161. The maximum atomic E-state index is 10.8. The number of carbonyl (C=O) groups is 1. The Kier molecular flexibility index (Phi) is 12.1. The molecule has 0 aliphatic carbocycles. The van der Waals surface area contributed by atoms with Crippen LogP contribution in [0, 0.1) is 11.8 Å². The van der Waals surface area contributed by atoms with Crippen LogP contribution in [0.4, 0.5) is 0 Å². The van der Waals surface area contributed by atoms with Crippen molar-refractivity contribution in [3.63, 3.8) is 0 Å². The SMILES string of the molecule is O=C(O)c1cccc(C#CCOCCOCCOCCOCCO)c1. The first-order valence-corrected chi connectivity index (χ1v) is 7.98. The summed E-state index contributed by atoms with van der Waals surface area (Å²) < 4.78 is 20.9. The van der Waals surface area contributed by atoms with Crippen LogP contribution in [0.5, 0.6) is 0 Å². The number of hydrogen-bond acceptors (Lipinski definition) is 6. The zero-order chi connectivity index (χ0) is 18.2. The lowest BCUT2D eigenvalue weighted by Crippen LogP contribution is -2.12. The maximum Gasteiger partial charge on any atom is 0.335 e. The highest BCUT2D eigenvalue weighted by atomic mass is 16.6. The molecule has 0 aromatic heterocycles. The predicted octanol–water partition coefficient (Wildman–Crippen LogP) is 0.795. The van der Waals surface area contributed by atoms with Crippen molar-refractivity contribution in [2.24, 2.45) is 0 Å². The van der Waals surface area contributed by atoms with Gasteiger partial charge in [0.15, 0.2) is 0 Å². The van der Waals surface area contributed by atoms with Crippen molar-refractivity contribution in [1.29, 1.82) is 0 Å². The Labute approximate surface area is 147 Å². The standard InChI is InChI=1S/C18H24O7/c19-6-8-23-10-12-25-14-13-24-11-9-22-7-2-4-16-3-1-5-17(15-16)18(20)21/h1,3,5,15,19H,6-14H2,(H,20,21). The van der Waals surface area contributed by atoms with Gasteiger partial charge in [-0.15, -0.1) is 0 Å². The molecule has 7 nitrogen and oxygen atoms in total. The van der Waals surface area contributed by atoms with E-state index in [-0.39, 0.29) is 18.8 Å². The minimum atomic E-state index is -0.973. The smallest absolute Gasteiger partial charge is 0.335 e. The first-order chi connectivity index (χ1) is 12.2. The van der Waals surface area contributed by atoms with Crippen LogP contribution in [-0.2, 0) is 18.9 Å². The van der Waals surface area contributed by atoms with Gasteiger partial charge in [0.1, 0.15) is 6.61 Å². The van der Waals surface area contributed by atoms with Crippen LogP contribution < -0.4 is 0 Å². The number of carboxylic acids is 1. The van der Waals surface area contributed by atoms with E-state index >= 15 is 0 Å². The zero-order valence-corrected chi connectivity index (χ0v) is 14.1. The van der Waals surface area contributed by atoms with Gasteiger partial charge in [0.2, 0.25) is 0 Å². The van der Waals surface area contributed by atoms with Gasteiger partial charge in [-0.25, -0.2) is 4.79 Å². The molecule has 0 fully saturated rings. The second-order valence-electron chi connectivity index (χ2n) is 4.80. The number of rotatable bonds is 13. The van der Waals surface area contributed by atoms with Crippen molar-refractivity contribution < 1.29 is 34.0 Å². The van der Waals surface area contributed by atoms with Crippen LogP contribution in [-0.4, -0.2) is 75.6 Å². The summed E-state index contributed by atoms with van der Waals surface area (Å²) in [5.41, 5.74) is 0.850. The molecule has 1 rings (SSSR count). The molecule has 0 amide bonds. The Morgan fingerprint density at radius 1 is 0.920 bits per heavy atom. The van der Waals surface area contributed by atoms with Gasteiger partial charge in [-0.3, -0.25) is 0 Å². The number of carboxylic acid groups (broad SMARTS) is 1. The molecule has 25 heavy (non-hydrogen) atoms. The molecule has 0 saturated carbocycles. The average Bonchev–Trinajstić information content (AvgIpc) is 2.62. The molecule has 0 atom stereocenters. The molecule has 1 aromatic rings. The number of aromatic carboxylic acids is 1. The topological polar surface area (TPSA) is 94.5 Å². The van der Waals surface area contributed by atoms with Crippen molar-refractivity contribution in [2.75, 3.05) is 59.5 Å². The van der Waals surface area contributed by atoms with Crippen LogP contribution >= 0.6 is 0 Å². The monoisotopic (exact) mass is 352 g/mol. The summed E-state index contributed by atoms with van der Waals surface area (Å²) in [4.78, 5) is 10.8. The molecular formula is C18H24O7. The van der Waals surface area contributed by atoms with Crippen LogP contribution in [0.15, 0.2) is 24.3 Å². The number of ether oxygens (including phenoxy) is 4. The second-order valence-corrected chi connectivity index (χ2v) is 4.80. The fraction of sp³-hybridized carbons (Fsp3) is 0.500. The molecule has 7 heteroatoms. The third kappa shape index (κ3) is 11.3. The van der Waals surface area contributed by atoms with Gasteiger partial charge in [0, 0.05) is 5.56 Å². The Morgan fingerprint density at radius 2 is 1.52 bits per heavy atom. The number of hydrogen-bond donors (Lipinski definition) is 2. The van der Waals surface area contributed by atoms with Crippen molar-refractivity contribution in [2.45, 2.75) is 0 Å². The van der Waals surface area contributed by atoms with Crippen molar-refractivity contribution in [3.05, 3.63) is 35.4 Å². The van der Waals surface area contributed by atoms with Gasteiger partial charge in [-0.05, 0) is 18.2 Å². The first kappa shape index (κ1) is 21.1. The van der Waals surface area contributed by atoms with E-state index in [1.807, 2.05) is 0 Å². The van der Waals surface area contributed by atoms with Gasteiger partial charge in [0.25, 0.3) is 0 Å². The number of aliphatic hydroxyl groups excluding tert-OH is 1. The molecular weight excluding hydrogens is 328 g/mol. The Morgan fingerprint density at radius 3 is 2.12 bits per heavy atom. The Hall–Kier alpha value is -1.95. The molecule has 1 aromatic carbocycles. The molecule has 0 bridgehead atoms. The molecule has 0 unspecified atom stereocenters. The summed E-state index contributed by atoms with van der Waals surface area (Å²) in [5.74, 6) is 4.71. The number of aliphatic hydroxyl groups is 1. The highest BCUT2D eigenvalue weighted by Gasteiger charge is 2.01. The number of benzene rings is 1. The Balaban J connectivity index is 1.97. The molecule has 0 saturated heterocycles. The molecule has 0 radical (unpaired) electrons. The van der Waals surface area contributed by atoms with Gasteiger partial charge < -0.3 is 29.2 Å². The van der Waals surface area contributed by atoms with Crippen molar-refractivity contribution >= 4 is 5.97 Å².